The molecule has 2 rings (SSSR count). The van der Waals surface area contributed by atoms with Gasteiger partial charge in [-0.25, -0.2) is 4.98 Å². The maximum atomic E-state index is 9.60. The number of rotatable bonds is 6. The molecule has 0 aliphatic carbocycles. The number of nitrogens with two attached hydrogens (primary N) is 1. The highest BCUT2D eigenvalue weighted by Crippen LogP contribution is 2.23. The molecule has 0 amide bonds. The Labute approximate surface area is 245 Å². The van der Waals surface area contributed by atoms with Gasteiger partial charge < -0.3 is 43.9 Å². The summed E-state index contributed by atoms with van der Waals surface area (Å²) in [6.07, 6.45) is 0. The molecule has 0 saturated carbocycles. The first-order valence-corrected chi connectivity index (χ1v) is 13.5. The minimum absolute atomic E-state index is 0. The van der Waals surface area contributed by atoms with E-state index >= 15 is 0 Å². The summed E-state index contributed by atoms with van der Waals surface area (Å²) in [4.78, 5) is 7.45. The molecule has 0 spiro atoms. The number of hydrogen-bond donors (Lipinski definition) is 6. The number of nitriles is 1. The van der Waals surface area contributed by atoms with Gasteiger partial charge in [0.15, 0.2) is 5.60 Å². The average Bonchev–Trinajstić information content (AvgIpc) is 3.37. The van der Waals surface area contributed by atoms with E-state index < -0.39 is 22.4 Å². The summed E-state index contributed by atoms with van der Waals surface area (Å²) in [5, 5.41) is 52.8. The lowest BCUT2D eigenvalue weighted by atomic mass is 10.1. The van der Waals surface area contributed by atoms with Crippen LogP contribution in [-0.4, -0.2) is 48.6 Å². The lowest BCUT2D eigenvalue weighted by Crippen LogP contribution is -3.00. The maximum Gasteiger partial charge on any atom is 0.267 e. The van der Waals surface area contributed by atoms with E-state index in [1.807, 2.05) is 17.8 Å². The zero-order valence-electron chi connectivity index (χ0n) is 22.8. The van der Waals surface area contributed by atoms with E-state index in [2.05, 4.69) is 27.5 Å². The van der Waals surface area contributed by atoms with Crippen molar-refractivity contribution >= 4 is 51.5 Å². The number of aromatic nitrogens is 2. The topological polar surface area (TPSA) is 170 Å². The summed E-state index contributed by atoms with van der Waals surface area (Å²) in [6.45, 7) is 13.7. The van der Waals surface area contributed by atoms with E-state index in [0.717, 1.165) is 27.9 Å². The summed E-state index contributed by atoms with van der Waals surface area (Å²) < 4.78 is 0. The number of aliphatic hydroxyl groups is 4. The molecule has 8 N–H and O–H groups in total. The average molecular weight is 619 g/mol. The van der Waals surface area contributed by atoms with Crippen LogP contribution in [0.2, 0.25) is 0 Å². The molecule has 0 aromatic carbocycles. The van der Waals surface area contributed by atoms with Gasteiger partial charge in [0.1, 0.15) is 32.7 Å². The van der Waals surface area contributed by atoms with Crippen LogP contribution in [0.4, 0.5) is 0 Å². The normalized spacial score (nSPS) is 11.3. The van der Waals surface area contributed by atoms with Crippen LogP contribution in [-0.2, 0) is 23.6 Å². The molecule has 2 aromatic heterocycles. The van der Waals surface area contributed by atoms with Crippen molar-refractivity contribution in [2.75, 3.05) is 7.05 Å². The first-order chi connectivity index (χ1) is 16.1. The van der Waals surface area contributed by atoms with Gasteiger partial charge in [-0.3, -0.25) is 0 Å². The van der Waals surface area contributed by atoms with E-state index in [9.17, 15) is 10.2 Å². The van der Waals surface area contributed by atoms with Gasteiger partial charge >= 0.3 is 0 Å². The van der Waals surface area contributed by atoms with Crippen molar-refractivity contribution in [2.24, 2.45) is 5.73 Å². The van der Waals surface area contributed by atoms with Crippen LogP contribution >= 0.6 is 46.5 Å². The van der Waals surface area contributed by atoms with Gasteiger partial charge in [-0.2, -0.15) is 10.2 Å². The Morgan fingerprint density at radius 1 is 1.08 bits per heavy atom. The Morgan fingerprint density at radius 2 is 1.54 bits per heavy atom. The predicted molar refractivity (Wildman–Crippen MR) is 151 cm³/mol. The molecule has 2 aromatic rings. The summed E-state index contributed by atoms with van der Waals surface area (Å²) in [5.74, 6) is 0.465. The van der Waals surface area contributed by atoms with Gasteiger partial charge in [-0.1, -0.05) is 23.6 Å². The minimum atomic E-state index is -1.15. The summed E-state index contributed by atoms with van der Waals surface area (Å²) in [6, 6.07) is 1.66. The monoisotopic (exact) mass is 617 g/mol. The van der Waals surface area contributed by atoms with Crippen molar-refractivity contribution in [1.82, 2.24) is 10.3 Å². The smallest absolute Gasteiger partial charge is 0.267 e. The van der Waals surface area contributed by atoms with Gasteiger partial charge in [-0.05, 0) is 62.4 Å². The number of hydrogen-bond acceptors (Lipinski definition) is 10. The van der Waals surface area contributed by atoms with Crippen LogP contribution in [0.15, 0.2) is 10.8 Å². The van der Waals surface area contributed by atoms with Crippen LogP contribution < -0.4 is 28.4 Å². The Morgan fingerprint density at radius 3 is 1.76 bits per heavy atom. The fraction of sp³-hybridized carbons (Fsp3) is 0.652. The molecule has 0 aliphatic rings. The quantitative estimate of drug-likeness (QED) is 0.148. The molecule has 2 heterocycles. The van der Waals surface area contributed by atoms with Crippen LogP contribution in [0.3, 0.4) is 0 Å². The molecule has 0 aliphatic heterocycles. The Kier molecular flexibility index (Phi) is 19.2. The number of alkyl halides is 1. The SMILES string of the molecule is CC(C)(O)C#N.CC(C)(O)C(N)=S.CC(C)(O)c1[nH+]c(CCl)cs1.CNCc1csc(C(C)(C)O)n1.[Cl-]. The number of nitrogens with zero attached hydrogens (tertiary/aromatic N) is 2. The second-order valence-corrected chi connectivity index (χ2v) is 12.2. The van der Waals surface area contributed by atoms with Gasteiger partial charge in [0.25, 0.3) is 5.01 Å². The van der Waals surface area contributed by atoms with Crippen molar-refractivity contribution in [1.29, 1.82) is 5.26 Å². The molecule has 0 bridgehead atoms. The highest BCUT2D eigenvalue weighted by atomic mass is 35.5. The molecule has 9 nitrogen and oxygen atoms in total. The molecule has 214 valence electrons. The van der Waals surface area contributed by atoms with E-state index in [0.29, 0.717) is 5.88 Å². The van der Waals surface area contributed by atoms with Crippen molar-refractivity contribution in [3.05, 3.63) is 32.2 Å². The first-order valence-electron chi connectivity index (χ1n) is 10.8. The van der Waals surface area contributed by atoms with Crippen molar-refractivity contribution in [3.63, 3.8) is 0 Å². The standard InChI is InChI=1S/C8H14N2OS.C7H10ClNOS.C4H9NOS.C4H7NO.ClH/c1-8(2,11)7-10-6(4-9-3)5-12-7;1-7(2,10)6-9-5(3-8)4-11-6;1-4(2,6)3(5)7;1-4(2,6)3-5;/h5,9,11H,4H2,1-3H3;4,10H,3H2,1-2H3;6H,1-2H3,(H2,5,7);6H,1-2H3;1H. The van der Waals surface area contributed by atoms with E-state index in [1.54, 1.807) is 47.6 Å². The highest BCUT2D eigenvalue weighted by molar-refractivity contribution is 7.80. The van der Waals surface area contributed by atoms with Crippen LogP contribution in [0.25, 0.3) is 0 Å². The van der Waals surface area contributed by atoms with Crippen molar-refractivity contribution in [3.8, 4) is 6.07 Å². The predicted octanol–water partition coefficient (Wildman–Crippen LogP) is -0.0534. The van der Waals surface area contributed by atoms with Crippen LogP contribution in [0.5, 0.6) is 0 Å². The fourth-order valence-electron chi connectivity index (χ4n) is 1.55. The summed E-state index contributed by atoms with van der Waals surface area (Å²) >= 11 is 13.0. The van der Waals surface area contributed by atoms with Gasteiger partial charge in [0.05, 0.1) is 17.1 Å². The molecule has 14 heteroatoms. The van der Waals surface area contributed by atoms with Gasteiger partial charge in [0, 0.05) is 11.9 Å². The molecule has 0 fully saturated rings. The van der Waals surface area contributed by atoms with Crippen LogP contribution in [0, 0.1) is 11.3 Å². The van der Waals surface area contributed by atoms with Crippen molar-refractivity contribution in [2.45, 2.75) is 90.2 Å². The molecule has 0 radical (unpaired) electrons. The lowest BCUT2D eigenvalue weighted by molar-refractivity contribution is -0.407. The molecule has 37 heavy (non-hydrogen) atoms. The summed E-state index contributed by atoms with van der Waals surface area (Å²) in [5.41, 5.74) is 3.25. The second-order valence-electron chi connectivity index (χ2n) is 9.74. The maximum absolute atomic E-state index is 9.60. The molecular formula is C23H41Cl2N5O4S3. The highest BCUT2D eigenvalue weighted by Gasteiger charge is 2.26. The first kappa shape index (κ1) is 40.5. The number of H-pyrrole nitrogens is 1. The third-order valence-corrected chi connectivity index (χ3v) is 6.83. The number of nitrogens with one attached hydrogen (secondary N) is 2. The number of halogens is 2. The zero-order chi connectivity index (χ0) is 29.0. The molecule has 0 saturated heterocycles. The number of thiazole rings is 2. The van der Waals surface area contributed by atoms with Crippen molar-refractivity contribution < 1.29 is 37.8 Å². The fourth-order valence-corrected chi connectivity index (χ4v) is 3.51. The zero-order valence-corrected chi connectivity index (χ0v) is 26.8. The largest absolute Gasteiger partial charge is 1.00 e. The van der Waals surface area contributed by atoms with Crippen LogP contribution in [0.1, 0.15) is 76.8 Å². The van der Waals surface area contributed by atoms with E-state index in [1.165, 1.54) is 36.5 Å². The lowest BCUT2D eigenvalue weighted by Gasteiger charge is -2.13. The second kappa shape index (κ2) is 17.6. The molecular weight excluding hydrogens is 577 g/mol. The summed E-state index contributed by atoms with van der Waals surface area (Å²) in [7, 11) is 1.88. The minimum Gasteiger partial charge on any atom is -1.00 e. The Bertz CT molecular complexity index is 952. The third kappa shape index (κ3) is 20.6. The third-order valence-electron chi connectivity index (χ3n) is 3.60. The van der Waals surface area contributed by atoms with Gasteiger partial charge in [0.2, 0.25) is 5.69 Å². The number of thiocarbonyl (C=S) groups is 1. The Hall–Kier alpha value is -0.980. The molecule has 0 unspecified atom stereocenters. The van der Waals surface area contributed by atoms with Gasteiger partial charge in [-0.15, -0.1) is 22.9 Å². The molecule has 0 atom stereocenters. The van der Waals surface area contributed by atoms with E-state index in [4.69, 9.17) is 32.8 Å². The Balaban J connectivity index is -0.000000430. The number of aromatic amines is 1. The van der Waals surface area contributed by atoms with E-state index in [-0.39, 0.29) is 17.4 Å².